The van der Waals surface area contributed by atoms with E-state index in [2.05, 4.69) is 0 Å². The molecule has 136 valence electrons. The standard InChI is InChI=1S/C20H21NO5/c1-4-25-19-11-14(13-21)5-8-18(19)26-20(22)10-6-15-12-16(23-2)7-9-17(15)24-3/h5,7-9,11-12H,4,6,10H2,1-3H3. The maximum absolute atomic E-state index is 12.2. The summed E-state index contributed by atoms with van der Waals surface area (Å²) < 4.78 is 21.4. The predicted octanol–water partition coefficient (Wildman–Crippen LogP) is 3.51. The molecule has 0 radical (unpaired) electrons. The number of hydrogen-bond donors (Lipinski definition) is 0. The Morgan fingerprint density at radius 3 is 2.46 bits per heavy atom. The molecule has 2 rings (SSSR count). The average molecular weight is 355 g/mol. The minimum atomic E-state index is -0.402. The summed E-state index contributed by atoms with van der Waals surface area (Å²) in [4.78, 5) is 12.2. The minimum absolute atomic E-state index is 0.162. The molecule has 0 amide bonds. The van der Waals surface area contributed by atoms with Crippen molar-refractivity contribution in [2.75, 3.05) is 20.8 Å². The molecule has 0 heterocycles. The lowest BCUT2D eigenvalue weighted by molar-refractivity contribution is -0.134. The van der Waals surface area contributed by atoms with E-state index in [0.29, 0.717) is 41.6 Å². The molecule has 0 fully saturated rings. The molecule has 6 heteroatoms. The lowest BCUT2D eigenvalue weighted by Gasteiger charge is -2.12. The van der Waals surface area contributed by atoms with Crippen molar-refractivity contribution in [2.24, 2.45) is 0 Å². The zero-order valence-corrected chi connectivity index (χ0v) is 15.1. The van der Waals surface area contributed by atoms with E-state index in [1.165, 1.54) is 0 Å². The summed E-state index contributed by atoms with van der Waals surface area (Å²) in [5.74, 6) is 1.65. The molecule has 0 saturated carbocycles. The van der Waals surface area contributed by atoms with Gasteiger partial charge in [-0.3, -0.25) is 4.79 Å². The van der Waals surface area contributed by atoms with Gasteiger partial charge >= 0.3 is 5.97 Å². The van der Waals surface area contributed by atoms with Gasteiger partial charge in [0.2, 0.25) is 0 Å². The fraction of sp³-hybridized carbons (Fsp3) is 0.300. The van der Waals surface area contributed by atoms with Crippen LogP contribution in [0.3, 0.4) is 0 Å². The van der Waals surface area contributed by atoms with E-state index in [1.54, 1.807) is 44.6 Å². The second-order valence-corrected chi connectivity index (χ2v) is 5.36. The molecule has 2 aromatic rings. The molecule has 26 heavy (non-hydrogen) atoms. The monoisotopic (exact) mass is 355 g/mol. The second-order valence-electron chi connectivity index (χ2n) is 5.36. The summed E-state index contributed by atoms with van der Waals surface area (Å²) in [7, 11) is 3.16. The van der Waals surface area contributed by atoms with E-state index in [1.807, 2.05) is 19.1 Å². The van der Waals surface area contributed by atoms with Crippen molar-refractivity contribution in [1.82, 2.24) is 0 Å². The van der Waals surface area contributed by atoms with Crippen LogP contribution in [-0.2, 0) is 11.2 Å². The van der Waals surface area contributed by atoms with E-state index in [4.69, 9.17) is 24.2 Å². The van der Waals surface area contributed by atoms with Crippen molar-refractivity contribution in [3.05, 3.63) is 47.5 Å². The van der Waals surface area contributed by atoms with Crippen molar-refractivity contribution in [3.63, 3.8) is 0 Å². The zero-order chi connectivity index (χ0) is 18.9. The van der Waals surface area contributed by atoms with Crippen LogP contribution >= 0.6 is 0 Å². The highest BCUT2D eigenvalue weighted by Gasteiger charge is 2.13. The molecule has 0 bridgehead atoms. The number of nitrogens with zero attached hydrogens (tertiary/aromatic N) is 1. The molecule has 0 aliphatic carbocycles. The Balaban J connectivity index is 2.07. The Labute approximate surface area is 152 Å². The van der Waals surface area contributed by atoms with Gasteiger partial charge < -0.3 is 18.9 Å². The second kappa shape index (κ2) is 9.33. The van der Waals surface area contributed by atoms with Crippen molar-refractivity contribution >= 4 is 5.97 Å². The van der Waals surface area contributed by atoms with E-state index in [-0.39, 0.29) is 6.42 Å². The van der Waals surface area contributed by atoms with Crippen LogP contribution in [0.5, 0.6) is 23.0 Å². The van der Waals surface area contributed by atoms with Gasteiger partial charge in [-0.15, -0.1) is 0 Å². The first-order valence-electron chi connectivity index (χ1n) is 8.19. The first kappa shape index (κ1) is 19.1. The van der Waals surface area contributed by atoms with Gasteiger partial charge in [0.25, 0.3) is 0 Å². The van der Waals surface area contributed by atoms with Crippen molar-refractivity contribution < 1.29 is 23.7 Å². The van der Waals surface area contributed by atoms with Crippen molar-refractivity contribution in [3.8, 4) is 29.1 Å². The van der Waals surface area contributed by atoms with E-state index in [0.717, 1.165) is 5.56 Å². The molecular formula is C20H21NO5. The number of methoxy groups -OCH3 is 2. The molecule has 2 aromatic carbocycles. The maximum Gasteiger partial charge on any atom is 0.311 e. The van der Waals surface area contributed by atoms with Gasteiger partial charge in [0.15, 0.2) is 11.5 Å². The first-order valence-corrected chi connectivity index (χ1v) is 8.19. The highest BCUT2D eigenvalue weighted by atomic mass is 16.6. The highest BCUT2D eigenvalue weighted by Crippen LogP contribution is 2.29. The molecule has 0 spiro atoms. The molecule has 0 atom stereocenters. The molecule has 0 aliphatic rings. The highest BCUT2D eigenvalue weighted by molar-refractivity contribution is 5.74. The van der Waals surface area contributed by atoms with Crippen molar-refractivity contribution in [1.29, 1.82) is 5.26 Å². The summed E-state index contributed by atoms with van der Waals surface area (Å²) in [6.45, 7) is 2.22. The van der Waals surface area contributed by atoms with Crippen LogP contribution in [0.4, 0.5) is 0 Å². The van der Waals surface area contributed by atoms with Crippen LogP contribution < -0.4 is 18.9 Å². The third kappa shape index (κ3) is 4.90. The molecule has 0 unspecified atom stereocenters. The molecule has 0 saturated heterocycles. The van der Waals surface area contributed by atoms with E-state index in [9.17, 15) is 4.79 Å². The van der Waals surface area contributed by atoms with Gasteiger partial charge in [-0.2, -0.15) is 5.26 Å². The van der Waals surface area contributed by atoms with Crippen LogP contribution in [-0.4, -0.2) is 26.8 Å². The van der Waals surface area contributed by atoms with Gasteiger partial charge in [0.1, 0.15) is 11.5 Å². The first-order chi connectivity index (χ1) is 12.6. The Hall–Kier alpha value is -3.20. The number of carbonyl (C=O) groups excluding carboxylic acids is 1. The number of benzene rings is 2. The van der Waals surface area contributed by atoms with Gasteiger partial charge in [-0.25, -0.2) is 0 Å². The smallest absolute Gasteiger partial charge is 0.311 e. The summed E-state index contributed by atoms with van der Waals surface area (Å²) in [6.07, 6.45) is 0.606. The Kier molecular flexibility index (Phi) is 6.86. The molecular weight excluding hydrogens is 334 g/mol. The number of hydrogen-bond acceptors (Lipinski definition) is 6. The van der Waals surface area contributed by atoms with Gasteiger partial charge in [-0.05, 0) is 49.2 Å². The van der Waals surface area contributed by atoms with Crippen LogP contribution in [0.1, 0.15) is 24.5 Å². The third-order valence-corrected chi connectivity index (χ3v) is 3.68. The Bertz CT molecular complexity index is 810. The van der Waals surface area contributed by atoms with Crippen molar-refractivity contribution in [2.45, 2.75) is 19.8 Å². The number of rotatable bonds is 8. The number of esters is 1. The summed E-state index contributed by atoms with van der Waals surface area (Å²) in [5, 5.41) is 8.97. The molecule has 0 aromatic heterocycles. The van der Waals surface area contributed by atoms with E-state index < -0.39 is 5.97 Å². The maximum atomic E-state index is 12.2. The summed E-state index contributed by atoms with van der Waals surface area (Å²) in [6, 6.07) is 12.2. The largest absolute Gasteiger partial charge is 0.497 e. The normalized spacial score (nSPS) is 9.92. The van der Waals surface area contributed by atoms with Gasteiger partial charge in [-0.1, -0.05) is 0 Å². The summed E-state index contributed by atoms with van der Waals surface area (Å²) in [5.41, 5.74) is 1.29. The third-order valence-electron chi connectivity index (χ3n) is 3.68. The topological polar surface area (TPSA) is 77.8 Å². The van der Waals surface area contributed by atoms with Crippen LogP contribution in [0.2, 0.25) is 0 Å². The fourth-order valence-corrected chi connectivity index (χ4v) is 2.42. The zero-order valence-electron chi connectivity index (χ0n) is 15.1. The number of nitriles is 1. The van der Waals surface area contributed by atoms with E-state index >= 15 is 0 Å². The van der Waals surface area contributed by atoms with Gasteiger partial charge in [0, 0.05) is 6.07 Å². The number of ether oxygens (including phenoxy) is 4. The Morgan fingerprint density at radius 2 is 1.81 bits per heavy atom. The number of aryl methyl sites for hydroxylation is 1. The quantitative estimate of drug-likeness (QED) is 0.533. The molecule has 6 nitrogen and oxygen atoms in total. The molecule has 0 N–H and O–H groups in total. The lowest BCUT2D eigenvalue weighted by Crippen LogP contribution is -2.10. The number of carbonyl (C=O) groups is 1. The average Bonchev–Trinajstić information content (AvgIpc) is 2.67. The molecule has 0 aliphatic heterocycles. The van der Waals surface area contributed by atoms with Crippen LogP contribution in [0.25, 0.3) is 0 Å². The van der Waals surface area contributed by atoms with Gasteiger partial charge in [0.05, 0.1) is 38.9 Å². The SMILES string of the molecule is CCOc1cc(C#N)ccc1OC(=O)CCc1cc(OC)ccc1OC. The van der Waals surface area contributed by atoms with Crippen LogP contribution in [0, 0.1) is 11.3 Å². The lowest BCUT2D eigenvalue weighted by atomic mass is 10.1. The Morgan fingerprint density at radius 1 is 1.04 bits per heavy atom. The minimum Gasteiger partial charge on any atom is -0.497 e. The van der Waals surface area contributed by atoms with Crippen LogP contribution in [0.15, 0.2) is 36.4 Å². The predicted molar refractivity (Wildman–Crippen MR) is 95.8 cm³/mol. The summed E-state index contributed by atoms with van der Waals surface area (Å²) >= 11 is 0. The fourth-order valence-electron chi connectivity index (χ4n) is 2.42.